The number of hydrogen-bond donors (Lipinski definition) is 2. The smallest absolute Gasteiger partial charge is 0.269 e. The van der Waals surface area contributed by atoms with Crippen molar-refractivity contribution in [2.75, 3.05) is 12.8 Å². The topological polar surface area (TPSA) is 72.3 Å². The predicted molar refractivity (Wildman–Crippen MR) is 52.1 cm³/mol. The van der Waals surface area contributed by atoms with Gasteiger partial charge in [0.1, 0.15) is 0 Å². The first-order valence-electron chi connectivity index (χ1n) is 3.60. The minimum absolute atomic E-state index is 0.317. The average molecular weight is 200 g/mol. The number of benzene rings is 1. The van der Waals surface area contributed by atoms with Crippen LogP contribution in [0.4, 0.5) is 5.69 Å². The Hall–Kier alpha value is -1.26. The van der Waals surface area contributed by atoms with Crippen molar-refractivity contribution < 1.29 is 4.79 Å². The molecule has 1 rings (SSSR count). The summed E-state index contributed by atoms with van der Waals surface area (Å²) in [5.74, 6) is 4.91. The molecule has 4 nitrogen and oxygen atoms in total. The van der Waals surface area contributed by atoms with E-state index in [2.05, 4.69) is 0 Å². The number of carbonyl (C=O) groups is 1. The number of rotatable bonds is 1. The molecule has 0 radical (unpaired) electrons. The lowest BCUT2D eigenvalue weighted by molar-refractivity contribution is 0.0796. The van der Waals surface area contributed by atoms with Gasteiger partial charge < -0.3 is 5.73 Å². The number of halogens is 1. The Morgan fingerprint density at radius 1 is 1.54 bits per heavy atom. The van der Waals surface area contributed by atoms with Crippen LogP contribution in [-0.2, 0) is 0 Å². The lowest BCUT2D eigenvalue weighted by Gasteiger charge is -2.11. The maximum Gasteiger partial charge on any atom is 0.269 e. The molecule has 0 heterocycles. The summed E-state index contributed by atoms with van der Waals surface area (Å²) in [6.07, 6.45) is 0. The van der Waals surface area contributed by atoms with Crippen molar-refractivity contribution >= 4 is 23.2 Å². The average Bonchev–Trinajstić information content (AvgIpc) is 2.08. The van der Waals surface area contributed by atoms with E-state index in [-0.39, 0.29) is 5.91 Å². The highest BCUT2D eigenvalue weighted by molar-refractivity contribution is 6.31. The van der Waals surface area contributed by atoms with Gasteiger partial charge in [-0.2, -0.15) is 0 Å². The lowest BCUT2D eigenvalue weighted by Crippen LogP contribution is -2.33. The molecule has 4 N–H and O–H groups in total. The van der Waals surface area contributed by atoms with Gasteiger partial charge in [-0.3, -0.25) is 9.80 Å². The summed E-state index contributed by atoms with van der Waals surface area (Å²) >= 11 is 5.70. The molecule has 0 fully saturated rings. The normalized spacial score (nSPS) is 9.77. The van der Waals surface area contributed by atoms with Gasteiger partial charge in [-0.15, -0.1) is 0 Å². The van der Waals surface area contributed by atoms with Crippen LogP contribution in [0.15, 0.2) is 18.2 Å². The standard InChI is InChI=1S/C8H10ClN3O/c1-12(11)8(13)6-4-5(9)2-3-7(6)10/h2-4H,10-11H2,1H3. The molecule has 1 aromatic carbocycles. The summed E-state index contributed by atoms with van der Waals surface area (Å²) in [5, 5.41) is 1.42. The maximum atomic E-state index is 11.4. The molecule has 13 heavy (non-hydrogen) atoms. The van der Waals surface area contributed by atoms with Gasteiger partial charge in [-0.1, -0.05) is 11.6 Å². The summed E-state index contributed by atoms with van der Waals surface area (Å²) in [4.78, 5) is 11.4. The van der Waals surface area contributed by atoms with Crippen molar-refractivity contribution in [2.24, 2.45) is 5.84 Å². The zero-order valence-electron chi connectivity index (χ0n) is 7.12. The first-order valence-corrected chi connectivity index (χ1v) is 3.98. The van der Waals surface area contributed by atoms with Gasteiger partial charge in [0, 0.05) is 17.8 Å². The predicted octanol–water partition coefficient (Wildman–Crippen LogP) is 0.868. The zero-order chi connectivity index (χ0) is 10.0. The van der Waals surface area contributed by atoms with Crippen molar-refractivity contribution in [3.63, 3.8) is 0 Å². The number of hydrazine groups is 1. The van der Waals surface area contributed by atoms with Gasteiger partial charge >= 0.3 is 0 Å². The Morgan fingerprint density at radius 2 is 2.15 bits per heavy atom. The molecule has 70 valence electrons. The van der Waals surface area contributed by atoms with Crippen LogP contribution in [-0.4, -0.2) is 18.0 Å². The van der Waals surface area contributed by atoms with Crippen LogP contribution in [0.2, 0.25) is 5.02 Å². The molecule has 0 aliphatic rings. The molecule has 0 aliphatic heterocycles. The number of hydrogen-bond acceptors (Lipinski definition) is 3. The Bertz CT molecular complexity index is 338. The molecule has 0 spiro atoms. The number of nitrogens with zero attached hydrogens (tertiary/aromatic N) is 1. The van der Waals surface area contributed by atoms with Gasteiger partial charge in [-0.05, 0) is 18.2 Å². The van der Waals surface area contributed by atoms with E-state index in [1.54, 1.807) is 12.1 Å². The molecule has 0 bridgehead atoms. The van der Waals surface area contributed by atoms with Gasteiger partial charge in [-0.25, -0.2) is 5.84 Å². The number of nitrogens with two attached hydrogens (primary N) is 2. The third kappa shape index (κ3) is 2.11. The second-order valence-corrected chi connectivity index (χ2v) is 3.08. The van der Waals surface area contributed by atoms with Crippen molar-refractivity contribution in [3.05, 3.63) is 28.8 Å². The lowest BCUT2D eigenvalue weighted by atomic mass is 10.1. The fraction of sp³-hybridized carbons (Fsp3) is 0.125. The molecule has 0 atom stereocenters. The fourth-order valence-electron chi connectivity index (χ4n) is 0.904. The highest BCUT2D eigenvalue weighted by Crippen LogP contribution is 2.18. The molecule has 0 aliphatic carbocycles. The van der Waals surface area contributed by atoms with Gasteiger partial charge in [0.25, 0.3) is 5.91 Å². The second kappa shape index (κ2) is 3.64. The largest absolute Gasteiger partial charge is 0.398 e. The number of anilines is 1. The van der Waals surface area contributed by atoms with Crippen molar-refractivity contribution in [1.82, 2.24) is 5.01 Å². The molecule has 1 amide bonds. The molecule has 0 saturated heterocycles. The number of carbonyl (C=O) groups excluding carboxylic acids is 1. The van der Waals surface area contributed by atoms with Gasteiger partial charge in [0.15, 0.2) is 0 Å². The van der Waals surface area contributed by atoms with Gasteiger partial charge in [0.05, 0.1) is 5.56 Å². The highest BCUT2D eigenvalue weighted by atomic mass is 35.5. The SMILES string of the molecule is CN(N)C(=O)c1cc(Cl)ccc1N. The van der Waals surface area contributed by atoms with E-state index >= 15 is 0 Å². The quantitative estimate of drug-likeness (QED) is 0.305. The van der Waals surface area contributed by atoms with E-state index in [1.165, 1.54) is 13.1 Å². The summed E-state index contributed by atoms with van der Waals surface area (Å²) in [5.41, 5.74) is 6.25. The first-order chi connectivity index (χ1) is 6.02. The van der Waals surface area contributed by atoms with E-state index in [4.69, 9.17) is 23.2 Å². The van der Waals surface area contributed by atoms with Gasteiger partial charge in [0.2, 0.25) is 0 Å². The number of amides is 1. The van der Waals surface area contributed by atoms with E-state index in [9.17, 15) is 4.79 Å². The van der Waals surface area contributed by atoms with E-state index in [1.807, 2.05) is 0 Å². The Labute approximate surface area is 81.0 Å². The van der Waals surface area contributed by atoms with E-state index in [0.29, 0.717) is 16.3 Å². The van der Waals surface area contributed by atoms with Crippen LogP contribution in [0.25, 0.3) is 0 Å². The van der Waals surface area contributed by atoms with Crippen LogP contribution in [0.1, 0.15) is 10.4 Å². The maximum absolute atomic E-state index is 11.4. The second-order valence-electron chi connectivity index (χ2n) is 2.65. The minimum atomic E-state index is -0.361. The van der Waals surface area contributed by atoms with Crippen LogP contribution in [0.3, 0.4) is 0 Å². The zero-order valence-corrected chi connectivity index (χ0v) is 7.88. The Balaban J connectivity index is 3.13. The van der Waals surface area contributed by atoms with Crippen LogP contribution >= 0.6 is 11.6 Å². The van der Waals surface area contributed by atoms with Crippen LogP contribution in [0.5, 0.6) is 0 Å². The van der Waals surface area contributed by atoms with E-state index < -0.39 is 0 Å². The molecule has 0 aromatic heterocycles. The molecule has 0 saturated carbocycles. The highest BCUT2D eigenvalue weighted by Gasteiger charge is 2.12. The summed E-state index contributed by atoms with van der Waals surface area (Å²) in [7, 11) is 1.45. The summed E-state index contributed by atoms with van der Waals surface area (Å²) in [6, 6.07) is 4.67. The van der Waals surface area contributed by atoms with Crippen LogP contribution in [0, 0.1) is 0 Å². The number of nitrogen functional groups attached to an aromatic ring is 1. The van der Waals surface area contributed by atoms with Crippen molar-refractivity contribution in [3.8, 4) is 0 Å². The molecular formula is C8H10ClN3O. The van der Waals surface area contributed by atoms with E-state index in [0.717, 1.165) is 5.01 Å². The van der Waals surface area contributed by atoms with Crippen molar-refractivity contribution in [2.45, 2.75) is 0 Å². The fourth-order valence-corrected chi connectivity index (χ4v) is 1.08. The molecule has 5 heteroatoms. The van der Waals surface area contributed by atoms with Crippen LogP contribution < -0.4 is 11.6 Å². The molecular weight excluding hydrogens is 190 g/mol. The molecule has 0 unspecified atom stereocenters. The molecule has 1 aromatic rings. The first kappa shape index (κ1) is 9.83. The Kier molecular flexibility index (Phi) is 2.75. The third-order valence-corrected chi connectivity index (χ3v) is 1.80. The Morgan fingerprint density at radius 3 is 2.69 bits per heavy atom. The summed E-state index contributed by atoms with van der Waals surface area (Å²) in [6.45, 7) is 0. The monoisotopic (exact) mass is 199 g/mol. The minimum Gasteiger partial charge on any atom is -0.398 e. The van der Waals surface area contributed by atoms with Crippen molar-refractivity contribution in [1.29, 1.82) is 0 Å². The summed E-state index contributed by atoms with van der Waals surface area (Å²) < 4.78 is 0. The third-order valence-electron chi connectivity index (χ3n) is 1.57.